The molecule has 30 heavy (non-hydrogen) atoms. The highest BCUT2D eigenvalue weighted by molar-refractivity contribution is 7.80. The Bertz CT molecular complexity index is 1080. The molecule has 3 heterocycles. The minimum absolute atomic E-state index is 0.0219. The lowest BCUT2D eigenvalue weighted by atomic mass is 9.96. The van der Waals surface area contributed by atoms with E-state index in [1.54, 1.807) is 0 Å². The number of pyridine rings is 1. The Morgan fingerprint density at radius 1 is 1.03 bits per heavy atom. The highest BCUT2D eigenvalue weighted by atomic mass is 32.1. The molecule has 0 bridgehead atoms. The van der Waals surface area contributed by atoms with Crippen LogP contribution in [0, 0.1) is 27.7 Å². The highest BCUT2D eigenvalue weighted by Crippen LogP contribution is 2.42. The zero-order valence-corrected chi connectivity index (χ0v) is 19.4. The second kappa shape index (κ2) is 7.88. The van der Waals surface area contributed by atoms with E-state index in [0.29, 0.717) is 0 Å². The van der Waals surface area contributed by atoms with Gasteiger partial charge < -0.3 is 14.8 Å². The predicted octanol–water partition coefficient (Wildman–Crippen LogP) is 5.49. The van der Waals surface area contributed by atoms with Gasteiger partial charge in [-0.1, -0.05) is 18.2 Å². The normalized spacial score (nSPS) is 18.9. The molecule has 1 aromatic carbocycles. The van der Waals surface area contributed by atoms with Gasteiger partial charge in [0.2, 0.25) is 0 Å². The van der Waals surface area contributed by atoms with E-state index in [1.807, 2.05) is 18.3 Å². The van der Waals surface area contributed by atoms with Gasteiger partial charge in [0.15, 0.2) is 5.11 Å². The van der Waals surface area contributed by atoms with Gasteiger partial charge in [0.25, 0.3) is 0 Å². The third kappa shape index (κ3) is 3.41. The summed E-state index contributed by atoms with van der Waals surface area (Å²) in [6.07, 6.45) is 1.86. The van der Waals surface area contributed by atoms with Crippen molar-refractivity contribution in [2.75, 3.05) is 0 Å². The molecule has 4 nitrogen and oxygen atoms in total. The molecule has 0 radical (unpaired) electrons. The average Bonchev–Trinajstić information content (AvgIpc) is 3.20. The van der Waals surface area contributed by atoms with Crippen molar-refractivity contribution >= 4 is 17.3 Å². The van der Waals surface area contributed by atoms with E-state index in [1.165, 1.54) is 33.8 Å². The van der Waals surface area contributed by atoms with Crippen LogP contribution in [-0.2, 0) is 0 Å². The molecular weight excluding hydrogens is 388 g/mol. The van der Waals surface area contributed by atoms with Crippen molar-refractivity contribution in [1.82, 2.24) is 19.8 Å². The van der Waals surface area contributed by atoms with Crippen molar-refractivity contribution in [1.29, 1.82) is 0 Å². The molecule has 0 amide bonds. The number of rotatable bonds is 4. The van der Waals surface area contributed by atoms with Crippen molar-refractivity contribution in [3.05, 3.63) is 82.4 Å². The van der Waals surface area contributed by atoms with Gasteiger partial charge in [-0.3, -0.25) is 4.98 Å². The summed E-state index contributed by atoms with van der Waals surface area (Å²) >= 11 is 5.77. The van der Waals surface area contributed by atoms with Gasteiger partial charge in [0, 0.05) is 29.3 Å². The van der Waals surface area contributed by atoms with Gasteiger partial charge in [0.1, 0.15) is 0 Å². The van der Waals surface area contributed by atoms with Crippen molar-refractivity contribution in [3.63, 3.8) is 0 Å². The lowest BCUT2D eigenvalue weighted by Gasteiger charge is -2.31. The molecule has 0 saturated carbocycles. The molecule has 1 fully saturated rings. The van der Waals surface area contributed by atoms with E-state index < -0.39 is 0 Å². The van der Waals surface area contributed by atoms with Gasteiger partial charge in [-0.05, 0) is 94.7 Å². The summed E-state index contributed by atoms with van der Waals surface area (Å²) in [5.41, 5.74) is 8.59. The van der Waals surface area contributed by atoms with Crippen LogP contribution in [0.25, 0.3) is 5.69 Å². The standard InChI is InChI=1S/C25H30N4S/c1-15(2)28-24(23(27-25(28)30)21-9-7-8-12-26-21)20-14-18(5)29(19(20)6)22-13-16(3)10-11-17(22)4/h7-15,23-24H,1-6H3,(H,27,30). The zero-order chi connectivity index (χ0) is 21.6. The molecule has 1 aliphatic rings. The van der Waals surface area contributed by atoms with Crippen molar-refractivity contribution in [3.8, 4) is 5.69 Å². The first kappa shape index (κ1) is 20.6. The van der Waals surface area contributed by atoms with Gasteiger partial charge in [-0.15, -0.1) is 0 Å². The fourth-order valence-corrected chi connectivity index (χ4v) is 5.12. The number of hydrogen-bond donors (Lipinski definition) is 1. The summed E-state index contributed by atoms with van der Waals surface area (Å²) in [4.78, 5) is 6.98. The van der Waals surface area contributed by atoms with E-state index in [-0.39, 0.29) is 18.1 Å². The SMILES string of the molecule is Cc1ccc(C)c(-n2c(C)cc(C3C(c4ccccn4)NC(=S)N3C(C)C)c2C)c1. The minimum atomic E-state index is 0.0219. The van der Waals surface area contributed by atoms with E-state index >= 15 is 0 Å². The number of aromatic nitrogens is 2. The smallest absolute Gasteiger partial charge is 0.170 e. The Hall–Kier alpha value is -2.66. The highest BCUT2D eigenvalue weighted by Gasteiger charge is 2.42. The van der Waals surface area contributed by atoms with Crippen LogP contribution in [0.3, 0.4) is 0 Å². The summed E-state index contributed by atoms with van der Waals surface area (Å²) in [6.45, 7) is 13.1. The third-order valence-corrected chi connectivity index (χ3v) is 6.41. The van der Waals surface area contributed by atoms with Gasteiger partial charge in [-0.2, -0.15) is 0 Å². The van der Waals surface area contributed by atoms with Crippen molar-refractivity contribution < 1.29 is 0 Å². The monoisotopic (exact) mass is 418 g/mol. The second-order valence-corrected chi connectivity index (χ2v) is 8.97. The Morgan fingerprint density at radius 3 is 2.47 bits per heavy atom. The van der Waals surface area contributed by atoms with Crippen molar-refractivity contribution in [2.24, 2.45) is 0 Å². The molecule has 156 valence electrons. The molecule has 0 spiro atoms. The number of thiocarbonyl (C=S) groups is 1. The molecule has 1 N–H and O–H groups in total. The Kier molecular flexibility index (Phi) is 5.41. The molecule has 2 atom stereocenters. The molecule has 3 aromatic rings. The molecule has 2 aromatic heterocycles. The van der Waals surface area contributed by atoms with Gasteiger partial charge in [0.05, 0.1) is 17.8 Å². The van der Waals surface area contributed by atoms with Crippen LogP contribution in [0.2, 0.25) is 0 Å². The maximum absolute atomic E-state index is 5.77. The first-order valence-electron chi connectivity index (χ1n) is 10.6. The summed E-state index contributed by atoms with van der Waals surface area (Å²) in [5, 5.41) is 4.35. The van der Waals surface area contributed by atoms with E-state index in [9.17, 15) is 0 Å². The summed E-state index contributed by atoms with van der Waals surface area (Å²) in [6, 6.07) is 15.5. The fraction of sp³-hybridized carbons (Fsp3) is 0.360. The molecular formula is C25H30N4S. The fourth-order valence-electron chi connectivity index (χ4n) is 4.67. The maximum Gasteiger partial charge on any atom is 0.170 e. The number of nitrogens with zero attached hydrogens (tertiary/aromatic N) is 3. The van der Waals surface area contributed by atoms with Crippen LogP contribution >= 0.6 is 12.2 Å². The lowest BCUT2D eigenvalue weighted by Crippen LogP contribution is -2.35. The predicted molar refractivity (Wildman–Crippen MR) is 127 cm³/mol. The van der Waals surface area contributed by atoms with Crippen LogP contribution in [0.4, 0.5) is 0 Å². The summed E-state index contributed by atoms with van der Waals surface area (Å²) < 4.78 is 2.38. The number of aryl methyl sites for hydroxylation is 3. The number of hydrogen-bond acceptors (Lipinski definition) is 2. The average molecular weight is 419 g/mol. The molecule has 1 saturated heterocycles. The van der Waals surface area contributed by atoms with Crippen LogP contribution < -0.4 is 5.32 Å². The Labute approximate surface area is 184 Å². The van der Waals surface area contributed by atoms with E-state index in [4.69, 9.17) is 12.2 Å². The minimum Gasteiger partial charge on any atom is -0.352 e. The number of benzene rings is 1. The molecule has 4 rings (SSSR count). The first-order chi connectivity index (χ1) is 14.3. The maximum atomic E-state index is 5.77. The zero-order valence-electron chi connectivity index (χ0n) is 18.6. The van der Waals surface area contributed by atoms with Crippen LogP contribution in [0.1, 0.15) is 59.7 Å². The summed E-state index contributed by atoms with van der Waals surface area (Å²) in [5.74, 6) is 0. The molecule has 1 aliphatic heterocycles. The number of nitrogens with one attached hydrogen (secondary N) is 1. The van der Waals surface area contributed by atoms with Gasteiger partial charge in [-0.25, -0.2) is 0 Å². The molecule has 5 heteroatoms. The second-order valence-electron chi connectivity index (χ2n) is 8.58. The van der Waals surface area contributed by atoms with Crippen LogP contribution in [-0.4, -0.2) is 25.6 Å². The third-order valence-electron chi connectivity index (χ3n) is 6.09. The van der Waals surface area contributed by atoms with Gasteiger partial charge >= 0.3 is 0 Å². The van der Waals surface area contributed by atoms with E-state index in [0.717, 1.165) is 10.8 Å². The topological polar surface area (TPSA) is 33.1 Å². The molecule has 2 unspecified atom stereocenters. The quantitative estimate of drug-likeness (QED) is 0.568. The van der Waals surface area contributed by atoms with Crippen molar-refractivity contribution in [2.45, 2.75) is 59.7 Å². The largest absolute Gasteiger partial charge is 0.352 e. The summed E-state index contributed by atoms with van der Waals surface area (Å²) in [7, 11) is 0. The van der Waals surface area contributed by atoms with Crippen LogP contribution in [0.15, 0.2) is 48.7 Å². The van der Waals surface area contributed by atoms with Crippen LogP contribution in [0.5, 0.6) is 0 Å². The first-order valence-corrected chi connectivity index (χ1v) is 11.0. The Balaban J connectivity index is 1.88. The van der Waals surface area contributed by atoms with E-state index in [2.05, 4.69) is 91.6 Å². The lowest BCUT2D eigenvalue weighted by molar-refractivity contribution is 0.269. The Morgan fingerprint density at radius 2 is 1.80 bits per heavy atom. The molecule has 0 aliphatic carbocycles.